The molecule has 0 bridgehead atoms. The Labute approximate surface area is 129 Å². The Kier molecular flexibility index (Phi) is 3.71. The van der Waals surface area contributed by atoms with E-state index in [0.29, 0.717) is 6.42 Å². The number of nitrogens with two attached hydrogens (primary N) is 1. The Hall–Kier alpha value is -1.10. The van der Waals surface area contributed by atoms with Gasteiger partial charge in [0.15, 0.2) is 0 Å². The number of hydrogen-bond donors (Lipinski definition) is 1. The molecule has 0 amide bonds. The summed E-state index contributed by atoms with van der Waals surface area (Å²) in [5, 5.41) is 0.0970. The summed E-state index contributed by atoms with van der Waals surface area (Å²) in [6.45, 7) is 0. The highest BCUT2D eigenvalue weighted by Crippen LogP contribution is 2.41. The topological polar surface area (TPSA) is 35.2 Å². The molecule has 20 heavy (non-hydrogen) atoms. The highest BCUT2D eigenvalue weighted by atomic mass is 79.9. The quantitative estimate of drug-likeness (QED) is 0.799. The minimum Gasteiger partial charge on any atom is -0.485 e. The van der Waals surface area contributed by atoms with Gasteiger partial charge >= 0.3 is 0 Å². The molecule has 1 heterocycles. The molecule has 0 fully saturated rings. The largest absolute Gasteiger partial charge is 0.485 e. The normalized spacial score (nSPS) is 21.2. The SMILES string of the molecule is N[C@@H]1CC(c2ccc(F)c(Cl)c2)Oc2cc(Br)ccc21. The van der Waals surface area contributed by atoms with Gasteiger partial charge in [0.25, 0.3) is 0 Å². The number of fused-ring (bicyclic) bond motifs is 1. The number of rotatable bonds is 1. The summed E-state index contributed by atoms with van der Waals surface area (Å²) in [5.41, 5.74) is 8.00. The van der Waals surface area contributed by atoms with Gasteiger partial charge in [0, 0.05) is 22.5 Å². The van der Waals surface area contributed by atoms with E-state index in [-0.39, 0.29) is 17.2 Å². The summed E-state index contributed by atoms with van der Waals surface area (Å²) >= 11 is 9.24. The van der Waals surface area contributed by atoms with E-state index in [1.54, 1.807) is 12.1 Å². The summed E-state index contributed by atoms with van der Waals surface area (Å²) in [6, 6.07) is 10.3. The minimum absolute atomic E-state index is 0.0970. The fourth-order valence-electron chi connectivity index (χ4n) is 2.39. The zero-order valence-corrected chi connectivity index (χ0v) is 12.8. The van der Waals surface area contributed by atoms with Crippen molar-refractivity contribution in [3.05, 3.63) is 62.8 Å². The highest BCUT2D eigenvalue weighted by molar-refractivity contribution is 9.10. The van der Waals surface area contributed by atoms with Crippen LogP contribution in [0.1, 0.15) is 29.7 Å². The predicted octanol–water partition coefficient (Wildman–Crippen LogP) is 4.77. The lowest BCUT2D eigenvalue weighted by Crippen LogP contribution is -2.24. The van der Waals surface area contributed by atoms with Crippen molar-refractivity contribution in [2.24, 2.45) is 5.73 Å². The van der Waals surface area contributed by atoms with Crippen LogP contribution in [0.5, 0.6) is 5.75 Å². The zero-order chi connectivity index (χ0) is 14.3. The number of benzene rings is 2. The van der Waals surface area contributed by atoms with E-state index >= 15 is 0 Å². The molecule has 2 nitrogen and oxygen atoms in total. The second-order valence-corrected chi connectivity index (χ2v) is 6.13. The summed E-state index contributed by atoms with van der Waals surface area (Å²) in [6.07, 6.45) is 0.418. The lowest BCUT2D eigenvalue weighted by molar-refractivity contribution is 0.161. The Balaban J connectivity index is 1.96. The molecule has 5 heteroatoms. The van der Waals surface area contributed by atoms with Gasteiger partial charge in [0.1, 0.15) is 17.7 Å². The van der Waals surface area contributed by atoms with Gasteiger partial charge in [-0.1, -0.05) is 39.7 Å². The van der Waals surface area contributed by atoms with Crippen LogP contribution in [0, 0.1) is 5.82 Å². The van der Waals surface area contributed by atoms with Crippen molar-refractivity contribution in [2.45, 2.75) is 18.6 Å². The van der Waals surface area contributed by atoms with Crippen LogP contribution < -0.4 is 10.5 Å². The maximum Gasteiger partial charge on any atom is 0.141 e. The maximum atomic E-state index is 13.2. The van der Waals surface area contributed by atoms with Crippen molar-refractivity contribution in [2.75, 3.05) is 0 Å². The first-order chi connectivity index (χ1) is 9.54. The van der Waals surface area contributed by atoms with Crippen LogP contribution in [-0.4, -0.2) is 0 Å². The lowest BCUT2D eigenvalue weighted by atomic mass is 9.93. The first-order valence-electron chi connectivity index (χ1n) is 6.21. The van der Waals surface area contributed by atoms with Gasteiger partial charge in [-0.2, -0.15) is 0 Å². The van der Waals surface area contributed by atoms with E-state index < -0.39 is 5.82 Å². The summed E-state index contributed by atoms with van der Waals surface area (Å²) in [7, 11) is 0. The van der Waals surface area contributed by atoms with E-state index in [1.807, 2.05) is 18.2 Å². The number of hydrogen-bond acceptors (Lipinski definition) is 2. The van der Waals surface area contributed by atoms with E-state index in [9.17, 15) is 4.39 Å². The van der Waals surface area contributed by atoms with Crippen LogP contribution in [0.25, 0.3) is 0 Å². The third-order valence-corrected chi connectivity index (χ3v) is 4.21. The molecule has 1 unspecified atom stereocenters. The van der Waals surface area contributed by atoms with Crippen molar-refractivity contribution >= 4 is 27.5 Å². The molecular weight excluding hydrogens is 345 g/mol. The van der Waals surface area contributed by atoms with Crippen molar-refractivity contribution < 1.29 is 9.13 Å². The molecule has 0 aliphatic carbocycles. The molecule has 2 atom stereocenters. The van der Waals surface area contributed by atoms with Gasteiger partial charge in [0.2, 0.25) is 0 Å². The van der Waals surface area contributed by atoms with E-state index in [0.717, 1.165) is 21.3 Å². The third-order valence-electron chi connectivity index (χ3n) is 3.43. The first kappa shape index (κ1) is 13.9. The van der Waals surface area contributed by atoms with E-state index in [4.69, 9.17) is 22.1 Å². The van der Waals surface area contributed by atoms with Crippen LogP contribution in [0.4, 0.5) is 4.39 Å². The first-order valence-corrected chi connectivity index (χ1v) is 7.38. The van der Waals surface area contributed by atoms with Gasteiger partial charge in [-0.05, 0) is 29.8 Å². The molecule has 0 spiro atoms. The molecule has 0 aromatic heterocycles. The minimum atomic E-state index is -0.432. The van der Waals surface area contributed by atoms with Crippen molar-refractivity contribution in [1.82, 2.24) is 0 Å². The summed E-state index contributed by atoms with van der Waals surface area (Å²) in [5.74, 6) is 0.322. The average molecular weight is 357 g/mol. The fraction of sp³-hybridized carbons (Fsp3) is 0.200. The van der Waals surface area contributed by atoms with Crippen molar-refractivity contribution in [3.8, 4) is 5.75 Å². The second kappa shape index (κ2) is 5.35. The van der Waals surface area contributed by atoms with E-state index in [1.165, 1.54) is 6.07 Å². The van der Waals surface area contributed by atoms with Gasteiger partial charge in [0.05, 0.1) is 5.02 Å². The Bertz CT molecular complexity index is 664. The molecule has 0 saturated carbocycles. The number of halogens is 3. The summed E-state index contributed by atoms with van der Waals surface area (Å²) < 4.78 is 20.1. The standard InChI is InChI=1S/C15H12BrClFNO/c16-9-2-3-10-13(19)7-14(20-15(10)6-9)8-1-4-12(18)11(17)5-8/h1-6,13-14H,7,19H2/t13-,14?/m1/s1. The van der Waals surface area contributed by atoms with Crippen LogP contribution in [0.3, 0.4) is 0 Å². The second-order valence-electron chi connectivity index (χ2n) is 4.80. The van der Waals surface area contributed by atoms with E-state index in [2.05, 4.69) is 15.9 Å². The molecular formula is C15H12BrClFNO. The molecule has 3 rings (SSSR count). The van der Waals surface area contributed by atoms with Gasteiger partial charge in [-0.15, -0.1) is 0 Å². The molecule has 2 aromatic carbocycles. The molecule has 0 saturated heterocycles. The Morgan fingerprint density at radius 1 is 1.25 bits per heavy atom. The monoisotopic (exact) mass is 355 g/mol. The lowest BCUT2D eigenvalue weighted by Gasteiger charge is -2.30. The predicted molar refractivity (Wildman–Crippen MR) is 80.5 cm³/mol. The van der Waals surface area contributed by atoms with Gasteiger partial charge in [-0.25, -0.2) is 4.39 Å². The zero-order valence-electron chi connectivity index (χ0n) is 10.4. The molecule has 1 aliphatic heterocycles. The smallest absolute Gasteiger partial charge is 0.141 e. The van der Waals surface area contributed by atoms with Crippen LogP contribution in [-0.2, 0) is 0 Å². The average Bonchev–Trinajstić information content (AvgIpc) is 2.41. The van der Waals surface area contributed by atoms with Gasteiger partial charge < -0.3 is 10.5 Å². The molecule has 104 valence electrons. The summed E-state index contributed by atoms with van der Waals surface area (Å²) in [4.78, 5) is 0. The Morgan fingerprint density at radius 3 is 2.80 bits per heavy atom. The number of ether oxygens (including phenoxy) is 1. The molecule has 1 aliphatic rings. The fourth-order valence-corrected chi connectivity index (χ4v) is 2.92. The van der Waals surface area contributed by atoms with Crippen molar-refractivity contribution in [1.29, 1.82) is 0 Å². The highest BCUT2D eigenvalue weighted by Gasteiger charge is 2.27. The van der Waals surface area contributed by atoms with Gasteiger partial charge in [-0.3, -0.25) is 0 Å². The third kappa shape index (κ3) is 2.55. The molecule has 2 aromatic rings. The van der Waals surface area contributed by atoms with Crippen molar-refractivity contribution in [3.63, 3.8) is 0 Å². The maximum absolute atomic E-state index is 13.2. The Morgan fingerprint density at radius 2 is 2.05 bits per heavy atom. The van der Waals surface area contributed by atoms with Crippen LogP contribution in [0.2, 0.25) is 5.02 Å². The molecule has 2 N–H and O–H groups in total. The van der Waals surface area contributed by atoms with Crippen LogP contribution in [0.15, 0.2) is 40.9 Å². The van der Waals surface area contributed by atoms with Crippen LogP contribution >= 0.6 is 27.5 Å². The molecule has 0 radical (unpaired) electrons.